The van der Waals surface area contributed by atoms with Gasteiger partial charge in [0, 0.05) is 18.1 Å². The molecule has 0 aromatic heterocycles. The third-order valence-corrected chi connectivity index (χ3v) is 6.09. The molecule has 0 radical (unpaired) electrons. The Balaban J connectivity index is 1.71. The number of likely N-dealkylation sites (tertiary alicyclic amines) is 1. The molecular formula is C24H25ClN2O2. The Hall–Kier alpha value is -2.59. The number of nitrogens with zero attached hydrogens (tertiary/aromatic N) is 2. The second-order valence-electron chi connectivity index (χ2n) is 8.08. The molecule has 0 spiro atoms. The van der Waals surface area contributed by atoms with Gasteiger partial charge in [-0.25, -0.2) is 0 Å². The molecule has 4 nitrogen and oxygen atoms in total. The number of hydrogen-bond acceptors (Lipinski definition) is 3. The van der Waals surface area contributed by atoms with Crippen molar-refractivity contribution >= 4 is 29.0 Å². The van der Waals surface area contributed by atoms with Gasteiger partial charge >= 0.3 is 0 Å². The molecule has 2 aromatic rings. The minimum absolute atomic E-state index is 0.199. The highest BCUT2D eigenvalue weighted by atomic mass is 35.5. The van der Waals surface area contributed by atoms with Crippen LogP contribution in [0.15, 0.2) is 54.2 Å². The first-order chi connectivity index (χ1) is 13.9. The highest BCUT2D eigenvalue weighted by Crippen LogP contribution is 2.35. The maximum absolute atomic E-state index is 13.4. The number of hydrogen-bond donors (Lipinski definition) is 0. The van der Waals surface area contributed by atoms with Crippen molar-refractivity contribution in [2.75, 3.05) is 13.1 Å². The van der Waals surface area contributed by atoms with Gasteiger partial charge in [-0.2, -0.15) is 0 Å². The molecule has 1 saturated heterocycles. The number of aryl methyl sites for hydroxylation is 1. The molecule has 0 saturated carbocycles. The smallest absolute Gasteiger partial charge is 0.278 e. The van der Waals surface area contributed by atoms with E-state index in [2.05, 4.69) is 11.8 Å². The summed E-state index contributed by atoms with van der Waals surface area (Å²) in [7, 11) is 0. The van der Waals surface area contributed by atoms with E-state index in [9.17, 15) is 9.59 Å². The predicted octanol–water partition coefficient (Wildman–Crippen LogP) is 4.66. The van der Waals surface area contributed by atoms with Crippen LogP contribution < -0.4 is 0 Å². The molecule has 2 aliphatic rings. The second-order valence-corrected chi connectivity index (χ2v) is 8.52. The summed E-state index contributed by atoms with van der Waals surface area (Å²) in [5.41, 5.74) is 3.87. The number of imide groups is 1. The van der Waals surface area contributed by atoms with E-state index in [1.165, 1.54) is 4.90 Å². The van der Waals surface area contributed by atoms with Gasteiger partial charge in [0.05, 0.1) is 12.1 Å². The van der Waals surface area contributed by atoms with Crippen molar-refractivity contribution in [2.45, 2.75) is 33.2 Å². The zero-order chi connectivity index (χ0) is 20.5. The summed E-state index contributed by atoms with van der Waals surface area (Å²) in [6, 6.07) is 15.1. The molecule has 150 valence electrons. The van der Waals surface area contributed by atoms with E-state index in [0.717, 1.165) is 42.6 Å². The van der Waals surface area contributed by atoms with Gasteiger partial charge in [0.2, 0.25) is 0 Å². The van der Waals surface area contributed by atoms with Crippen LogP contribution >= 0.6 is 11.6 Å². The van der Waals surface area contributed by atoms with Gasteiger partial charge in [-0.15, -0.1) is 0 Å². The normalized spacial score (nSPS) is 18.2. The Labute approximate surface area is 176 Å². The first kappa shape index (κ1) is 19.7. The van der Waals surface area contributed by atoms with E-state index >= 15 is 0 Å². The molecule has 2 aliphatic heterocycles. The summed E-state index contributed by atoms with van der Waals surface area (Å²) in [4.78, 5) is 30.2. The van der Waals surface area contributed by atoms with E-state index in [4.69, 9.17) is 11.6 Å². The molecule has 2 heterocycles. The molecule has 0 aliphatic carbocycles. The van der Waals surface area contributed by atoms with Crippen molar-refractivity contribution < 1.29 is 9.59 Å². The number of amides is 2. The molecule has 0 atom stereocenters. The van der Waals surface area contributed by atoms with Crippen LogP contribution in [0.5, 0.6) is 0 Å². The van der Waals surface area contributed by atoms with Crippen molar-refractivity contribution in [2.24, 2.45) is 5.92 Å². The zero-order valence-corrected chi connectivity index (χ0v) is 17.6. The molecule has 4 rings (SSSR count). The van der Waals surface area contributed by atoms with Gasteiger partial charge in [0.25, 0.3) is 11.8 Å². The monoisotopic (exact) mass is 408 g/mol. The van der Waals surface area contributed by atoms with E-state index in [0.29, 0.717) is 22.2 Å². The largest absolute Gasteiger partial charge is 0.366 e. The first-order valence-electron chi connectivity index (χ1n) is 10.1. The Morgan fingerprint density at radius 1 is 0.931 bits per heavy atom. The average Bonchev–Trinajstić information content (AvgIpc) is 2.96. The zero-order valence-electron chi connectivity index (χ0n) is 16.8. The summed E-state index contributed by atoms with van der Waals surface area (Å²) < 4.78 is 0. The lowest BCUT2D eigenvalue weighted by Gasteiger charge is -2.32. The van der Waals surface area contributed by atoms with Crippen molar-refractivity contribution in [3.8, 4) is 0 Å². The summed E-state index contributed by atoms with van der Waals surface area (Å²) >= 11 is 6.04. The van der Waals surface area contributed by atoms with Crippen LogP contribution in [0.3, 0.4) is 0 Å². The Kier molecular flexibility index (Phi) is 5.46. The van der Waals surface area contributed by atoms with Gasteiger partial charge in [-0.3, -0.25) is 14.5 Å². The first-order valence-corrected chi connectivity index (χ1v) is 10.5. The van der Waals surface area contributed by atoms with Crippen LogP contribution in [0.2, 0.25) is 5.02 Å². The van der Waals surface area contributed by atoms with Crippen LogP contribution in [0.25, 0.3) is 5.57 Å². The summed E-state index contributed by atoms with van der Waals surface area (Å²) in [5, 5.41) is 0.607. The number of halogens is 1. The third kappa shape index (κ3) is 3.95. The van der Waals surface area contributed by atoms with Crippen molar-refractivity contribution in [3.63, 3.8) is 0 Å². The van der Waals surface area contributed by atoms with Gasteiger partial charge in [0.15, 0.2) is 0 Å². The van der Waals surface area contributed by atoms with E-state index in [1.807, 2.05) is 43.3 Å². The third-order valence-electron chi connectivity index (χ3n) is 5.84. The predicted molar refractivity (Wildman–Crippen MR) is 115 cm³/mol. The quantitative estimate of drug-likeness (QED) is 0.691. The van der Waals surface area contributed by atoms with Gasteiger partial charge in [-0.1, -0.05) is 60.5 Å². The summed E-state index contributed by atoms with van der Waals surface area (Å²) in [6.45, 7) is 6.13. The molecule has 0 unspecified atom stereocenters. The molecule has 29 heavy (non-hydrogen) atoms. The number of benzene rings is 2. The number of carbonyl (C=O) groups is 2. The van der Waals surface area contributed by atoms with E-state index in [-0.39, 0.29) is 18.4 Å². The lowest BCUT2D eigenvalue weighted by molar-refractivity contribution is -0.138. The summed E-state index contributed by atoms with van der Waals surface area (Å²) in [6.07, 6.45) is 2.05. The summed E-state index contributed by atoms with van der Waals surface area (Å²) in [5.74, 6) is 0.211. The standard InChI is InChI=1S/C24H25ClN2O2/c1-16-3-5-18(6-4-16)15-27-23(28)21(19-7-9-20(25)10-8-19)22(24(27)29)26-13-11-17(2)12-14-26/h3-10,17H,11-15H2,1-2H3. The maximum atomic E-state index is 13.4. The number of rotatable bonds is 4. The fourth-order valence-corrected chi connectivity index (χ4v) is 4.11. The van der Waals surface area contributed by atoms with Gasteiger partial charge in [-0.05, 0) is 48.9 Å². The van der Waals surface area contributed by atoms with Crippen LogP contribution in [-0.4, -0.2) is 34.7 Å². The Morgan fingerprint density at radius 2 is 1.55 bits per heavy atom. The van der Waals surface area contributed by atoms with Crippen molar-refractivity contribution in [1.82, 2.24) is 9.80 Å². The fourth-order valence-electron chi connectivity index (χ4n) is 3.99. The molecular weight excluding hydrogens is 384 g/mol. The molecule has 0 N–H and O–H groups in total. The highest BCUT2D eigenvalue weighted by Gasteiger charge is 2.42. The maximum Gasteiger partial charge on any atom is 0.278 e. The van der Waals surface area contributed by atoms with Gasteiger partial charge in [0.1, 0.15) is 5.70 Å². The Morgan fingerprint density at radius 3 is 2.17 bits per heavy atom. The van der Waals surface area contributed by atoms with Crippen LogP contribution in [0.1, 0.15) is 36.5 Å². The topological polar surface area (TPSA) is 40.6 Å². The minimum Gasteiger partial charge on any atom is -0.366 e. The Bertz CT molecular complexity index is 955. The van der Waals surface area contributed by atoms with Crippen LogP contribution in [0, 0.1) is 12.8 Å². The molecule has 1 fully saturated rings. The van der Waals surface area contributed by atoms with Crippen LogP contribution in [0.4, 0.5) is 0 Å². The minimum atomic E-state index is -0.230. The SMILES string of the molecule is Cc1ccc(CN2C(=O)C(c3ccc(Cl)cc3)=C(N3CCC(C)CC3)C2=O)cc1. The molecule has 2 aromatic carbocycles. The average molecular weight is 409 g/mol. The lowest BCUT2D eigenvalue weighted by atomic mass is 9.97. The van der Waals surface area contributed by atoms with Crippen molar-refractivity contribution in [1.29, 1.82) is 0 Å². The van der Waals surface area contributed by atoms with E-state index in [1.54, 1.807) is 12.1 Å². The molecule has 2 amide bonds. The molecule has 0 bridgehead atoms. The molecule has 5 heteroatoms. The number of piperidine rings is 1. The fraction of sp³-hybridized carbons (Fsp3) is 0.333. The van der Waals surface area contributed by atoms with Crippen LogP contribution in [-0.2, 0) is 16.1 Å². The highest BCUT2D eigenvalue weighted by molar-refractivity contribution is 6.35. The lowest BCUT2D eigenvalue weighted by Crippen LogP contribution is -2.38. The van der Waals surface area contributed by atoms with Gasteiger partial charge < -0.3 is 4.90 Å². The van der Waals surface area contributed by atoms with E-state index < -0.39 is 0 Å². The van der Waals surface area contributed by atoms with Crippen molar-refractivity contribution in [3.05, 3.63) is 75.9 Å². The second kappa shape index (κ2) is 8.03. The number of carbonyl (C=O) groups excluding carboxylic acids is 2.